The zero-order valence-corrected chi connectivity index (χ0v) is 15.5. The molecule has 3 rings (SSSR count). The average Bonchev–Trinajstić information content (AvgIpc) is 3.06. The van der Waals surface area contributed by atoms with Crippen molar-refractivity contribution in [2.75, 3.05) is 26.7 Å². The molecule has 0 N–H and O–H groups in total. The van der Waals surface area contributed by atoms with Gasteiger partial charge in [-0.3, -0.25) is 9.80 Å². The summed E-state index contributed by atoms with van der Waals surface area (Å²) in [5, 5.41) is 4.04. The molecule has 2 aromatic heterocycles. The molecule has 7 nitrogen and oxygen atoms in total. The zero-order valence-electron chi connectivity index (χ0n) is 15.5. The molecule has 0 aliphatic carbocycles. The minimum atomic E-state index is 0.295. The van der Waals surface area contributed by atoms with Gasteiger partial charge >= 0.3 is 0 Å². The molecule has 0 bridgehead atoms. The van der Waals surface area contributed by atoms with E-state index in [1.165, 1.54) is 0 Å². The molecule has 25 heavy (non-hydrogen) atoms. The number of hydrogen-bond donors (Lipinski definition) is 0. The topological polar surface area (TPSA) is 67.5 Å². The lowest BCUT2D eigenvalue weighted by Gasteiger charge is -2.39. The van der Waals surface area contributed by atoms with Gasteiger partial charge in [-0.1, -0.05) is 25.1 Å². The average molecular weight is 345 g/mol. The quantitative estimate of drug-likeness (QED) is 0.796. The van der Waals surface area contributed by atoms with Crippen LogP contribution in [0.5, 0.6) is 5.88 Å². The molecule has 1 atom stereocenters. The second-order valence-corrected chi connectivity index (χ2v) is 6.93. The molecule has 0 spiro atoms. The van der Waals surface area contributed by atoms with Gasteiger partial charge < -0.3 is 9.26 Å². The van der Waals surface area contributed by atoms with E-state index in [0.29, 0.717) is 23.7 Å². The molecule has 1 aliphatic rings. The summed E-state index contributed by atoms with van der Waals surface area (Å²) < 4.78 is 10.6. The number of rotatable bonds is 6. The largest absolute Gasteiger partial charge is 0.481 e. The Morgan fingerprint density at radius 3 is 2.76 bits per heavy atom. The number of pyridine rings is 1. The van der Waals surface area contributed by atoms with Crippen LogP contribution in [-0.4, -0.2) is 57.7 Å². The molecule has 0 amide bonds. The fourth-order valence-electron chi connectivity index (χ4n) is 3.07. The van der Waals surface area contributed by atoms with Gasteiger partial charge in [0, 0.05) is 44.2 Å². The second-order valence-electron chi connectivity index (χ2n) is 6.93. The van der Waals surface area contributed by atoms with Crippen molar-refractivity contribution in [1.82, 2.24) is 24.9 Å². The zero-order chi connectivity index (χ0) is 17.8. The van der Waals surface area contributed by atoms with Gasteiger partial charge in [0.05, 0.1) is 19.3 Å². The van der Waals surface area contributed by atoms with Crippen LogP contribution in [0.4, 0.5) is 0 Å². The molecular formula is C18H27N5O2. The first-order valence-electron chi connectivity index (χ1n) is 8.84. The molecule has 1 unspecified atom stereocenters. The summed E-state index contributed by atoms with van der Waals surface area (Å²) in [5.41, 5.74) is 1.04. The van der Waals surface area contributed by atoms with Gasteiger partial charge in [0.2, 0.25) is 11.8 Å². The van der Waals surface area contributed by atoms with E-state index in [-0.39, 0.29) is 0 Å². The molecule has 1 aliphatic heterocycles. The van der Waals surface area contributed by atoms with Crippen LogP contribution >= 0.6 is 0 Å². The number of piperazine rings is 1. The van der Waals surface area contributed by atoms with Crippen molar-refractivity contribution in [3.05, 3.63) is 35.6 Å². The van der Waals surface area contributed by atoms with Crippen LogP contribution in [0.2, 0.25) is 0 Å². The van der Waals surface area contributed by atoms with E-state index in [0.717, 1.165) is 44.2 Å². The van der Waals surface area contributed by atoms with Gasteiger partial charge in [0.15, 0.2) is 5.82 Å². The molecule has 1 fully saturated rings. The Morgan fingerprint density at radius 2 is 2.08 bits per heavy atom. The summed E-state index contributed by atoms with van der Waals surface area (Å²) in [7, 11) is 1.65. The van der Waals surface area contributed by atoms with Crippen molar-refractivity contribution < 1.29 is 9.26 Å². The Kier molecular flexibility index (Phi) is 5.65. The van der Waals surface area contributed by atoms with Crippen molar-refractivity contribution >= 4 is 0 Å². The fourth-order valence-corrected chi connectivity index (χ4v) is 3.07. The Morgan fingerprint density at radius 1 is 1.24 bits per heavy atom. The predicted octanol–water partition coefficient (Wildman–Crippen LogP) is 2.30. The molecule has 136 valence electrons. The van der Waals surface area contributed by atoms with Crippen LogP contribution in [0.15, 0.2) is 22.7 Å². The molecule has 0 aromatic carbocycles. The normalized spacial score (nSPS) is 19.5. The van der Waals surface area contributed by atoms with E-state index in [2.05, 4.69) is 45.7 Å². The predicted molar refractivity (Wildman–Crippen MR) is 94.3 cm³/mol. The SMILES string of the molecule is COc1cccc(CN2CCN(Cc3nc(C(C)C)no3)CC2C)n1. The van der Waals surface area contributed by atoms with Crippen LogP contribution in [0.25, 0.3) is 0 Å². The number of nitrogens with zero attached hydrogens (tertiary/aromatic N) is 5. The Hall–Kier alpha value is -1.99. The highest BCUT2D eigenvalue weighted by molar-refractivity contribution is 5.15. The summed E-state index contributed by atoms with van der Waals surface area (Å²) in [6, 6.07) is 6.35. The molecule has 0 saturated carbocycles. The number of aromatic nitrogens is 3. The maximum Gasteiger partial charge on any atom is 0.240 e. The van der Waals surface area contributed by atoms with Gasteiger partial charge in [-0.2, -0.15) is 4.98 Å². The van der Waals surface area contributed by atoms with E-state index in [1.807, 2.05) is 18.2 Å². The number of ether oxygens (including phenoxy) is 1. The van der Waals surface area contributed by atoms with Crippen LogP contribution in [0, 0.1) is 0 Å². The maximum atomic E-state index is 5.37. The van der Waals surface area contributed by atoms with Gasteiger partial charge in [-0.05, 0) is 13.0 Å². The molecule has 2 aromatic rings. The van der Waals surface area contributed by atoms with Crippen molar-refractivity contribution in [2.24, 2.45) is 0 Å². The van der Waals surface area contributed by atoms with Crippen molar-refractivity contribution in [2.45, 2.75) is 45.8 Å². The first kappa shape index (κ1) is 17.8. The minimum absolute atomic E-state index is 0.295. The van der Waals surface area contributed by atoms with Gasteiger partial charge in [-0.15, -0.1) is 0 Å². The molecular weight excluding hydrogens is 318 g/mol. The Balaban J connectivity index is 1.54. The summed E-state index contributed by atoms with van der Waals surface area (Å²) in [5.74, 6) is 2.45. The van der Waals surface area contributed by atoms with E-state index >= 15 is 0 Å². The lowest BCUT2D eigenvalue weighted by Crippen LogP contribution is -2.51. The highest BCUT2D eigenvalue weighted by atomic mass is 16.5. The lowest BCUT2D eigenvalue weighted by atomic mass is 10.1. The fraction of sp³-hybridized carbons (Fsp3) is 0.611. The first-order chi connectivity index (χ1) is 12.0. The standard InChI is InChI=1S/C18H27N5O2/c1-13(2)18-20-17(25-21-18)12-22-8-9-23(14(3)10-22)11-15-6-5-7-16(19-15)24-4/h5-7,13-14H,8-12H2,1-4H3. The second kappa shape index (κ2) is 7.93. The van der Waals surface area contributed by atoms with E-state index in [4.69, 9.17) is 9.26 Å². The third kappa shape index (κ3) is 4.55. The summed E-state index contributed by atoms with van der Waals surface area (Å²) in [6.07, 6.45) is 0. The number of hydrogen-bond acceptors (Lipinski definition) is 7. The summed E-state index contributed by atoms with van der Waals surface area (Å²) >= 11 is 0. The van der Waals surface area contributed by atoms with Crippen LogP contribution < -0.4 is 4.74 Å². The summed E-state index contributed by atoms with van der Waals surface area (Å²) in [6.45, 7) is 10.9. The smallest absolute Gasteiger partial charge is 0.240 e. The van der Waals surface area contributed by atoms with Crippen LogP contribution in [0.1, 0.15) is 44.1 Å². The Labute approximate surface area is 149 Å². The number of methoxy groups -OCH3 is 1. The summed E-state index contributed by atoms with van der Waals surface area (Å²) in [4.78, 5) is 13.8. The molecule has 3 heterocycles. The lowest BCUT2D eigenvalue weighted by molar-refractivity contribution is 0.0658. The maximum absolute atomic E-state index is 5.37. The third-order valence-corrected chi connectivity index (χ3v) is 4.56. The van der Waals surface area contributed by atoms with E-state index < -0.39 is 0 Å². The van der Waals surface area contributed by atoms with Gasteiger partial charge in [0.1, 0.15) is 0 Å². The van der Waals surface area contributed by atoms with Crippen molar-refractivity contribution in [3.63, 3.8) is 0 Å². The van der Waals surface area contributed by atoms with Gasteiger partial charge in [-0.25, -0.2) is 4.98 Å². The Bertz CT molecular complexity index is 688. The third-order valence-electron chi connectivity index (χ3n) is 4.56. The highest BCUT2D eigenvalue weighted by Gasteiger charge is 2.25. The van der Waals surface area contributed by atoms with E-state index in [1.54, 1.807) is 7.11 Å². The molecule has 0 radical (unpaired) electrons. The van der Waals surface area contributed by atoms with Crippen molar-refractivity contribution in [3.8, 4) is 5.88 Å². The van der Waals surface area contributed by atoms with E-state index in [9.17, 15) is 0 Å². The van der Waals surface area contributed by atoms with Crippen molar-refractivity contribution in [1.29, 1.82) is 0 Å². The monoisotopic (exact) mass is 345 g/mol. The van der Waals surface area contributed by atoms with Crippen LogP contribution in [-0.2, 0) is 13.1 Å². The highest BCUT2D eigenvalue weighted by Crippen LogP contribution is 2.17. The first-order valence-corrected chi connectivity index (χ1v) is 8.84. The van der Waals surface area contributed by atoms with Gasteiger partial charge in [0.25, 0.3) is 0 Å². The minimum Gasteiger partial charge on any atom is -0.481 e. The molecule has 7 heteroatoms. The molecule has 1 saturated heterocycles. The van der Waals surface area contributed by atoms with Crippen LogP contribution in [0.3, 0.4) is 0 Å².